The summed E-state index contributed by atoms with van der Waals surface area (Å²) in [6.07, 6.45) is 11.7. The molecule has 0 aliphatic heterocycles. The second kappa shape index (κ2) is 10.6. The number of aromatic nitrogens is 4. The summed E-state index contributed by atoms with van der Waals surface area (Å²) in [4.78, 5) is 50.7. The number of aryl methyl sites for hydroxylation is 4. The summed E-state index contributed by atoms with van der Waals surface area (Å²) in [5.74, 6) is 0. The predicted molar refractivity (Wildman–Crippen MR) is 109 cm³/mol. The fraction of sp³-hybridized carbons (Fsp3) is 0.600. The SMILES string of the molecule is Cc1cn(CCCCCCCCCCn2cc(C)c(=O)[nH]c2=O)c(=O)[nH]c1=O. The van der Waals surface area contributed by atoms with Crippen LogP contribution in [0.5, 0.6) is 0 Å². The lowest BCUT2D eigenvalue weighted by Gasteiger charge is -2.07. The standard InChI is InChI=1S/C20H30N4O4/c1-15-13-23(19(27)21-17(15)25)11-9-7-5-3-4-6-8-10-12-24-14-16(2)18(26)22-20(24)28/h13-14H,3-12H2,1-2H3,(H,21,25,27)(H,22,26,28). The van der Waals surface area contributed by atoms with Crippen molar-refractivity contribution in [2.75, 3.05) is 0 Å². The van der Waals surface area contributed by atoms with Gasteiger partial charge < -0.3 is 9.13 Å². The molecule has 0 aromatic carbocycles. The van der Waals surface area contributed by atoms with E-state index in [1.54, 1.807) is 35.4 Å². The van der Waals surface area contributed by atoms with E-state index in [9.17, 15) is 19.2 Å². The molecule has 0 atom stereocenters. The third-order valence-electron chi connectivity index (χ3n) is 4.93. The molecule has 0 radical (unpaired) electrons. The molecule has 0 saturated heterocycles. The maximum absolute atomic E-state index is 11.7. The van der Waals surface area contributed by atoms with Crippen LogP contribution in [0.1, 0.15) is 62.5 Å². The lowest BCUT2D eigenvalue weighted by atomic mass is 10.1. The van der Waals surface area contributed by atoms with Crippen molar-refractivity contribution in [2.24, 2.45) is 0 Å². The molecule has 0 aliphatic rings. The highest BCUT2D eigenvalue weighted by Crippen LogP contribution is 2.09. The summed E-state index contributed by atoms with van der Waals surface area (Å²) < 4.78 is 3.13. The summed E-state index contributed by atoms with van der Waals surface area (Å²) in [5, 5.41) is 0. The van der Waals surface area contributed by atoms with E-state index in [4.69, 9.17) is 0 Å². The highest BCUT2D eigenvalue weighted by molar-refractivity contribution is 5.01. The summed E-state index contributed by atoms with van der Waals surface area (Å²) in [5.41, 5.74) is -0.207. The average Bonchev–Trinajstić information content (AvgIpc) is 2.64. The zero-order chi connectivity index (χ0) is 20.5. The van der Waals surface area contributed by atoms with Crippen molar-refractivity contribution in [2.45, 2.75) is 78.3 Å². The van der Waals surface area contributed by atoms with Gasteiger partial charge in [-0.05, 0) is 26.7 Å². The zero-order valence-corrected chi connectivity index (χ0v) is 16.8. The maximum atomic E-state index is 11.7. The van der Waals surface area contributed by atoms with Gasteiger partial charge in [0.15, 0.2) is 0 Å². The van der Waals surface area contributed by atoms with Gasteiger partial charge in [-0.25, -0.2) is 9.59 Å². The molecule has 0 amide bonds. The topological polar surface area (TPSA) is 110 Å². The fourth-order valence-corrected chi connectivity index (χ4v) is 3.19. The van der Waals surface area contributed by atoms with E-state index < -0.39 is 0 Å². The first-order chi connectivity index (χ1) is 13.4. The van der Waals surface area contributed by atoms with E-state index in [0.717, 1.165) is 51.4 Å². The summed E-state index contributed by atoms with van der Waals surface area (Å²) in [6, 6.07) is 0. The first kappa shape index (κ1) is 21.7. The lowest BCUT2D eigenvalue weighted by molar-refractivity contribution is 0.513. The number of aromatic amines is 2. The van der Waals surface area contributed by atoms with Crippen LogP contribution in [0.2, 0.25) is 0 Å². The second-order valence-corrected chi connectivity index (χ2v) is 7.36. The Morgan fingerprint density at radius 3 is 1.29 bits per heavy atom. The predicted octanol–water partition coefficient (Wildman–Crippen LogP) is 1.82. The molecule has 2 aromatic rings. The molecule has 0 spiro atoms. The summed E-state index contributed by atoms with van der Waals surface area (Å²) in [7, 11) is 0. The number of unbranched alkanes of at least 4 members (excludes halogenated alkanes) is 7. The van der Waals surface area contributed by atoms with Crippen LogP contribution in [0, 0.1) is 13.8 Å². The van der Waals surface area contributed by atoms with Gasteiger partial charge in [-0.3, -0.25) is 19.6 Å². The minimum Gasteiger partial charge on any atom is -0.300 e. The molecule has 154 valence electrons. The average molecular weight is 390 g/mol. The van der Waals surface area contributed by atoms with Crippen LogP contribution in [0.15, 0.2) is 31.6 Å². The van der Waals surface area contributed by atoms with Gasteiger partial charge in [0.25, 0.3) is 11.1 Å². The Hall–Kier alpha value is -2.64. The molecule has 0 saturated carbocycles. The maximum Gasteiger partial charge on any atom is 0.328 e. The Morgan fingerprint density at radius 2 is 0.929 bits per heavy atom. The van der Waals surface area contributed by atoms with Crippen molar-refractivity contribution in [1.29, 1.82) is 0 Å². The number of hydrogen-bond donors (Lipinski definition) is 2. The van der Waals surface area contributed by atoms with Crippen molar-refractivity contribution in [3.05, 3.63) is 65.2 Å². The normalized spacial score (nSPS) is 11.1. The minimum atomic E-state index is -0.340. The van der Waals surface area contributed by atoms with Crippen LogP contribution in [-0.2, 0) is 13.1 Å². The zero-order valence-electron chi connectivity index (χ0n) is 16.8. The molecule has 8 heteroatoms. The van der Waals surface area contributed by atoms with Gasteiger partial charge >= 0.3 is 11.4 Å². The van der Waals surface area contributed by atoms with Gasteiger partial charge in [0.05, 0.1) is 0 Å². The van der Waals surface area contributed by atoms with Gasteiger partial charge in [-0.1, -0.05) is 38.5 Å². The lowest BCUT2D eigenvalue weighted by Crippen LogP contribution is -2.30. The van der Waals surface area contributed by atoms with Gasteiger partial charge in [0, 0.05) is 36.6 Å². The number of rotatable bonds is 11. The Kier molecular flexibility index (Phi) is 8.22. The van der Waals surface area contributed by atoms with Gasteiger partial charge in [0.2, 0.25) is 0 Å². The number of nitrogens with zero attached hydrogens (tertiary/aromatic N) is 2. The highest BCUT2D eigenvalue weighted by atomic mass is 16.2. The van der Waals surface area contributed by atoms with Crippen molar-refractivity contribution in [3.8, 4) is 0 Å². The van der Waals surface area contributed by atoms with Crippen molar-refractivity contribution in [3.63, 3.8) is 0 Å². The van der Waals surface area contributed by atoms with Crippen LogP contribution < -0.4 is 22.5 Å². The molecule has 0 bridgehead atoms. The smallest absolute Gasteiger partial charge is 0.300 e. The Labute approximate surface area is 163 Å². The molecule has 0 fully saturated rings. The highest BCUT2D eigenvalue weighted by Gasteiger charge is 2.02. The van der Waals surface area contributed by atoms with Crippen molar-refractivity contribution in [1.82, 2.24) is 19.1 Å². The molecular formula is C20H30N4O4. The minimum absolute atomic E-state index is 0.318. The van der Waals surface area contributed by atoms with E-state index in [2.05, 4.69) is 9.97 Å². The van der Waals surface area contributed by atoms with Crippen molar-refractivity contribution >= 4 is 0 Å². The van der Waals surface area contributed by atoms with Gasteiger partial charge in [-0.2, -0.15) is 0 Å². The fourth-order valence-electron chi connectivity index (χ4n) is 3.19. The van der Waals surface area contributed by atoms with E-state index in [-0.39, 0.29) is 22.5 Å². The third kappa shape index (κ3) is 6.51. The van der Waals surface area contributed by atoms with Gasteiger partial charge in [-0.15, -0.1) is 0 Å². The second-order valence-electron chi connectivity index (χ2n) is 7.36. The molecule has 2 aromatic heterocycles. The Bertz CT molecular complexity index is 915. The van der Waals surface area contributed by atoms with Crippen LogP contribution in [0.25, 0.3) is 0 Å². The molecule has 2 rings (SSSR count). The van der Waals surface area contributed by atoms with E-state index in [1.165, 1.54) is 0 Å². The first-order valence-electron chi connectivity index (χ1n) is 9.99. The summed E-state index contributed by atoms with van der Waals surface area (Å²) in [6.45, 7) is 4.65. The van der Waals surface area contributed by atoms with Crippen LogP contribution in [0.4, 0.5) is 0 Å². The van der Waals surface area contributed by atoms with E-state index >= 15 is 0 Å². The van der Waals surface area contributed by atoms with Crippen LogP contribution in [-0.4, -0.2) is 19.1 Å². The summed E-state index contributed by atoms with van der Waals surface area (Å²) >= 11 is 0. The molecule has 2 heterocycles. The Balaban J connectivity index is 1.55. The monoisotopic (exact) mass is 390 g/mol. The molecule has 0 aliphatic carbocycles. The van der Waals surface area contributed by atoms with Crippen LogP contribution in [0.3, 0.4) is 0 Å². The third-order valence-corrected chi connectivity index (χ3v) is 4.93. The molecule has 28 heavy (non-hydrogen) atoms. The Morgan fingerprint density at radius 1 is 0.607 bits per heavy atom. The van der Waals surface area contributed by atoms with E-state index in [0.29, 0.717) is 24.2 Å². The quantitative estimate of drug-likeness (QED) is 0.570. The molecule has 2 N–H and O–H groups in total. The molecule has 8 nitrogen and oxygen atoms in total. The van der Waals surface area contributed by atoms with Crippen LogP contribution >= 0.6 is 0 Å². The van der Waals surface area contributed by atoms with Gasteiger partial charge in [0.1, 0.15) is 0 Å². The molecular weight excluding hydrogens is 360 g/mol. The number of hydrogen-bond acceptors (Lipinski definition) is 4. The van der Waals surface area contributed by atoms with E-state index in [1.807, 2.05) is 0 Å². The number of nitrogens with one attached hydrogen (secondary N) is 2. The van der Waals surface area contributed by atoms with Crippen molar-refractivity contribution < 1.29 is 0 Å². The number of H-pyrrole nitrogens is 2. The molecule has 0 unspecified atom stereocenters. The first-order valence-corrected chi connectivity index (χ1v) is 9.99. The largest absolute Gasteiger partial charge is 0.328 e.